The number of hydrogen-bond acceptors (Lipinski definition) is 7. The molecule has 2 fully saturated rings. The Balaban J connectivity index is 1.65. The summed E-state index contributed by atoms with van der Waals surface area (Å²) in [5.74, 6) is 0.606. The van der Waals surface area contributed by atoms with Crippen molar-refractivity contribution in [2.45, 2.75) is 90.6 Å². The molecule has 1 amide bonds. The Morgan fingerprint density at radius 1 is 1.19 bits per heavy atom. The predicted octanol–water partition coefficient (Wildman–Crippen LogP) is 3.00. The van der Waals surface area contributed by atoms with Crippen LogP contribution in [-0.4, -0.2) is 71.1 Å². The number of carbonyl (C=O) groups is 1. The summed E-state index contributed by atoms with van der Waals surface area (Å²) in [4.78, 5) is 25.6. The van der Waals surface area contributed by atoms with Crippen molar-refractivity contribution in [1.29, 1.82) is 0 Å². The van der Waals surface area contributed by atoms with Gasteiger partial charge in [0.25, 0.3) is 0 Å². The molecule has 0 unspecified atom stereocenters. The number of likely N-dealkylation sites (tertiary alicyclic amines) is 1. The number of piperidine rings is 1. The van der Waals surface area contributed by atoms with Gasteiger partial charge in [0.15, 0.2) is 0 Å². The highest BCUT2D eigenvalue weighted by atomic mass is 16.7. The lowest BCUT2D eigenvalue weighted by Crippen LogP contribution is -2.50. The summed E-state index contributed by atoms with van der Waals surface area (Å²) in [6.07, 6.45) is 6.30. The highest BCUT2D eigenvalue weighted by molar-refractivity contribution is 6.61. The zero-order valence-corrected chi connectivity index (χ0v) is 20.3. The number of likely N-dealkylation sites (N-methyl/N-ethyl adjacent to an activating group) is 1. The van der Waals surface area contributed by atoms with Crippen molar-refractivity contribution in [3.63, 3.8) is 0 Å². The predicted molar refractivity (Wildman–Crippen MR) is 122 cm³/mol. The lowest BCUT2D eigenvalue weighted by molar-refractivity contribution is 0.00578. The maximum Gasteiger partial charge on any atom is 0.498 e. The van der Waals surface area contributed by atoms with Crippen LogP contribution in [0.4, 0.5) is 10.7 Å². The normalized spacial score (nSPS) is 23.0. The Morgan fingerprint density at radius 3 is 2.32 bits per heavy atom. The van der Waals surface area contributed by atoms with E-state index in [-0.39, 0.29) is 12.1 Å². The molecule has 172 valence electrons. The third-order valence-corrected chi connectivity index (χ3v) is 6.26. The highest BCUT2D eigenvalue weighted by Gasteiger charge is 2.52. The Kier molecular flexibility index (Phi) is 6.59. The summed E-state index contributed by atoms with van der Waals surface area (Å²) >= 11 is 0. The first kappa shape index (κ1) is 23.8. The summed E-state index contributed by atoms with van der Waals surface area (Å²) in [6, 6.07) is 0.0694. The average molecular weight is 432 g/mol. The van der Waals surface area contributed by atoms with Gasteiger partial charge >= 0.3 is 13.2 Å². The van der Waals surface area contributed by atoms with E-state index >= 15 is 0 Å². The monoisotopic (exact) mass is 432 g/mol. The van der Waals surface area contributed by atoms with Crippen LogP contribution in [0.1, 0.15) is 67.7 Å². The summed E-state index contributed by atoms with van der Waals surface area (Å²) in [6.45, 7) is 15.1. The molecule has 2 aliphatic heterocycles. The van der Waals surface area contributed by atoms with Gasteiger partial charge in [-0.15, -0.1) is 0 Å². The molecular weight excluding hydrogens is 395 g/mol. The number of ether oxygens (including phenoxy) is 1. The zero-order valence-electron chi connectivity index (χ0n) is 20.3. The van der Waals surface area contributed by atoms with E-state index in [1.54, 1.807) is 12.4 Å². The third-order valence-electron chi connectivity index (χ3n) is 6.26. The van der Waals surface area contributed by atoms with Gasteiger partial charge in [0.2, 0.25) is 5.95 Å². The fourth-order valence-electron chi connectivity index (χ4n) is 3.78. The van der Waals surface area contributed by atoms with E-state index in [4.69, 9.17) is 14.0 Å². The Bertz CT molecular complexity index is 763. The van der Waals surface area contributed by atoms with Gasteiger partial charge in [-0.3, -0.25) is 0 Å². The molecular formula is C22H37BN4O4. The molecule has 0 bridgehead atoms. The van der Waals surface area contributed by atoms with Crippen LogP contribution in [0, 0.1) is 0 Å². The first-order valence-electron chi connectivity index (χ1n) is 11.2. The van der Waals surface area contributed by atoms with Gasteiger partial charge in [-0.25, -0.2) is 14.8 Å². The number of carbonyl (C=O) groups excluding carboxylic acids is 1. The lowest BCUT2D eigenvalue weighted by atomic mass is 9.81. The van der Waals surface area contributed by atoms with Gasteiger partial charge in [0, 0.05) is 38.0 Å². The maximum atomic E-state index is 12.7. The van der Waals surface area contributed by atoms with Crippen LogP contribution >= 0.6 is 0 Å². The van der Waals surface area contributed by atoms with Crippen molar-refractivity contribution in [3.8, 4) is 0 Å². The SMILES string of the molecule is CN(C[C@@H]1CCCCN1C(=O)OC(C)(C)C)c1ncc(B2OC(C)(C)C(C)(C)O2)cn1. The van der Waals surface area contributed by atoms with E-state index in [0.29, 0.717) is 12.5 Å². The van der Waals surface area contributed by atoms with Crippen molar-refractivity contribution in [1.82, 2.24) is 14.9 Å². The standard InChI is InChI=1S/C22H37BN4O4/c1-20(2,3)29-19(28)27-12-10-9-11-17(27)15-26(8)18-24-13-16(14-25-18)23-30-21(4,5)22(6,7)31-23/h13-14,17H,9-12,15H2,1-8H3/t17-/m0/s1. The van der Waals surface area contributed by atoms with Gasteiger partial charge in [-0.05, 0) is 67.7 Å². The number of anilines is 1. The number of rotatable bonds is 4. The van der Waals surface area contributed by atoms with Crippen LogP contribution in [0.15, 0.2) is 12.4 Å². The second-order valence-electron chi connectivity index (χ2n) is 10.6. The number of amides is 1. The summed E-state index contributed by atoms with van der Waals surface area (Å²) in [5, 5.41) is 0. The minimum Gasteiger partial charge on any atom is -0.444 e. The van der Waals surface area contributed by atoms with Crippen LogP contribution in [0.3, 0.4) is 0 Å². The Morgan fingerprint density at radius 2 is 1.77 bits per heavy atom. The van der Waals surface area contributed by atoms with Crippen molar-refractivity contribution in [2.75, 3.05) is 25.0 Å². The van der Waals surface area contributed by atoms with Crippen molar-refractivity contribution < 1.29 is 18.8 Å². The second kappa shape index (κ2) is 8.58. The van der Waals surface area contributed by atoms with Gasteiger partial charge in [-0.1, -0.05) is 0 Å². The van der Waals surface area contributed by atoms with Crippen LogP contribution in [0.5, 0.6) is 0 Å². The van der Waals surface area contributed by atoms with Gasteiger partial charge in [0.1, 0.15) is 5.60 Å². The molecule has 0 aromatic carbocycles. The molecule has 2 aliphatic rings. The van der Waals surface area contributed by atoms with E-state index in [9.17, 15) is 4.79 Å². The minimum atomic E-state index is -0.503. The summed E-state index contributed by atoms with van der Waals surface area (Å²) in [5.41, 5.74) is -0.514. The van der Waals surface area contributed by atoms with Crippen molar-refractivity contribution in [2.24, 2.45) is 0 Å². The minimum absolute atomic E-state index is 0.0694. The fourth-order valence-corrected chi connectivity index (χ4v) is 3.78. The van der Waals surface area contributed by atoms with Crippen molar-refractivity contribution in [3.05, 3.63) is 12.4 Å². The van der Waals surface area contributed by atoms with E-state index in [1.807, 2.05) is 65.3 Å². The maximum absolute atomic E-state index is 12.7. The first-order valence-corrected chi connectivity index (χ1v) is 11.2. The largest absolute Gasteiger partial charge is 0.498 e. The van der Waals surface area contributed by atoms with Gasteiger partial charge < -0.3 is 23.8 Å². The van der Waals surface area contributed by atoms with E-state index in [1.165, 1.54) is 0 Å². The van der Waals surface area contributed by atoms with Crippen LogP contribution < -0.4 is 10.4 Å². The number of hydrogen-bond donors (Lipinski definition) is 0. The van der Waals surface area contributed by atoms with E-state index in [2.05, 4.69) is 9.97 Å². The lowest BCUT2D eigenvalue weighted by Gasteiger charge is -2.38. The van der Waals surface area contributed by atoms with Crippen LogP contribution in [0.25, 0.3) is 0 Å². The molecule has 0 radical (unpaired) electrons. The zero-order chi connectivity index (χ0) is 23.0. The molecule has 2 saturated heterocycles. The van der Waals surface area contributed by atoms with Gasteiger partial charge in [-0.2, -0.15) is 0 Å². The molecule has 0 N–H and O–H groups in total. The first-order chi connectivity index (χ1) is 14.3. The summed E-state index contributed by atoms with van der Waals surface area (Å²) in [7, 11) is 1.47. The van der Waals surface area contributed by atoms with Crippen LogP contribution in [-0.2, 0) is 14.0 Å². The van der Waals surface area contributed by atoms with Crippen LogP contribution in [0.2, 0.25) is 0 Å². The third kappa shape index (κ3) is 5.50. The molecule has 1 atom stereocenters. The Labute approximate surface area is 186 Å². The molecule has 1 aromatic heterocycles. The molecule has 0 aliphatic carbocycles. The molecule has 0 saturated carbocycles. The summed E-state index contributed by atoms with van der Waals surface area (Å²) < 4.78 is 17.8. The molecule has 3 rings (SSSR count). The molecule has 0 spiro atoms. The topological polar surface area (TPSA) is 77.0 Å². The second-order valence-corrected chi connectivity index (χ2v) is 10.6. The quantitative estimate of drug-likeness (QED) is 0.677. The fraction of sp³-hybridized carbons (Fsp3) is 0.773. The molecule has 3 heterocycles. The van der Waals surface area contributed by atoms with Crippen molar-refractivity contribution >= 4 is 24.6 Å². The van der Waals surface area contributed by atoms with E-state index < -0.39 is 23.9 Å². The average Bonchev–Trinajstić information content (AvgIpc) is 2.88. The molecule has 8 nitrogen and oxygen atoms in total. The molecule has 31 heavy (non-hydrogen) atoms. The number of nitrogens with zero attached hydrogens (tertiary/aromatic N) is 4. The Hall–Kier alpha value is -1.87. The van der Waals surface area contributed by atoms with Gasteiger partial charge in [0.05, 0.1) is 17.2 Å². The van der Waals surface area contributed by atoms with E-state index in [0.717, 1.165) is 31.3 Å². The smallest absolute Gasteiger partial charge is 0.444 e. The molecule has 9 heteroatoms. The number of aromatic nitrogens is 2. The molecule has 1 aromatic rings. The highest BCUT2D eigenvalue weighted by Crippen LogP contribution is 2.36.